The number of carbonyl (C=O) groups excluding carboxylic acids is 1. The van der Waals surface area contributed by atoms with Gasteiger partial charge in [0.15, 0.2) is 11.7 Å². The van der Waals surface area contributed by atoms with E-state index in [1.165, 1.54) is 16.4 Å². The third kappa shape index (κ3) is 6.23. The van der Waals surface area contributed by atoms with E-state index in [0.717, 1.165) is 11.1 Å². The summed E-state index contributed by atoms with van der Waals surface area (Å²) in [4.78, 5) is 12.3. The van der Waals surface area contributed by atoms with E-state index in [0.29, 0.717) is 37.7 Å². The van der Waals surface area contributed by atoms with Gasteiger partial charge in [-0.2, -0.15) is 4.31 Å². The maximum Gasteiger partial charge on any atom is 0.264 e. The third-order valence-electron chi connectivity index (χ3n) is 4.68. The molecule has 166 valence electrons. The van der Waals surface area contributed by atoms with Crippen LogP contribution in [-0.4, -0.2) is 56.7 Å². The number of rotatable bonds is 6. The normalized spacial score (nSPS) is 14.6. The summed E-state index contributed by atoms with van der Waals surface area (Å²) < 4.78 is 37.5. The van der Waals surface area contributed by atoms with Crippen LogP contribution in [0.4, 0.5) is 5.69 Å². The number of hydrogen-bond donors (Lipinski definition) is 2. The Labute approximate surface area is 187 Å². The fourth-order valence-corrected chi connectivity index (χ4v) is 4.62. The summed E-state index contributed by atoms with van der Waals surface area (Å²) in [6, 6.07) is 12.0. The van der Waals surface area contributed by atoms with Gasteiger partial charge in [-0.15, -0.1) is 0 Å². The van der Waals surface area contributed by atoms with Gasteiger partial charge >= 0.3 is 0 Å². The van der Waals surface area contributed by atoms with Crippen molar-refractivity contribution in [1.82, 2.24) is 9.62 Å². The van der Waals surface area contributed by atoms with E-state index < -0.39 is 15.9 Å². The molecular formula is C21H25N3O5S2. The lowest BCUT2D eigenvalue weighted by atomic mass is 10.1. The maximum absolute atomic E-state index is 12.7. The molecule has 0 aliphatic carbocycles. The Kier molecular flexibility index (Phi) is 7.60. The SMILES string of the molecule is Cc1ccc(C)c(OCC(=O)NC(=S)Nc2ccc(S(=O)(=O)N3CCOCC3)cc2)c1. The molecule has 1 aliphatic heterocycles. The Morgan fingerprint density at radius 1 is 1.13 bits per heavy atom. The lowest BCUT2D eigenvalue weighted by Crippen LogP contribution is -2.40. The number of thiocarbonyl (C=S) groups is 1. The first-order valence-electron chi connectivity index (χ1n) is 9.74. The predicted octanol–water partition coefficient (Wildman–Crippen LogP) is 2.22. The second-order valence-electron chi connectivity index (χ2n) is 7.10. The van der Waals surface area contributed by atoms with Crippen LogP contribution in [0.5, 0.6) is 5.75 Å². The topological polar surface area (TPSA) is 97.0 Å². The minimum absolute atomic E-state index is 0.0957. The predicted molar refractivity (Wildman–Crippen MR) is 122 cm³/mol. The average molecular weight is 464 g/mol. The van der Waals surface area contributed by atoms with Crippen LogP contribution in [0.1, 0.15) is 11.1 Å². The average Bonchev–Trinajstić information content (AvgIpc) is 2.75. The second-order valence-corrected chi connectivity index (χ2v) is 9.45. The standard InChI is InChI=1S/C21H25N3O5S2/c1-15-3-4-16(2)19(13-15)29-14-20(25)23-21(30)22-17-5-7-18(8-6-17)31(26,27)24-9-11-28-12-10-24/h3-8,13H,9-12,14H2,1-2H3,(H2,22,23,25,30). The van der Waals surface area contributed by atoms with Gasteiger partial charge in [0.2, 0.25) is 10.0 Å². The summed E-state index contributed by atoms with van der Waals surface area (Å²) in [6.07, 6.45) is 0. The van der Waals surface area contributed by atoms with Crippen LogP contribution in [0.25, 0.3) is 0 Å². The van der Waals surface area contributed by atoms with Crippen molar-refractivity contribution in [3.05, 3.63) is 53.6 Å². The summed E-state index contributed by atoms with van der Waals surface area (Å²) in [5.74, 6) is 0.246. The number of nitrogens with zero attached hydrogens (tertiary/aromatic N) is 1. The summed E-state index contributed by atoms with van der Waals surface area (Å²) >= 11 is 5.16. The van der Waals surface area contributed by atoms with E-state index in [9.17, 15) is 13.2 Å². The first-order chi connectivity index (χ1) is 14.8. The quantitative estimate of drug-likeness (QED) is 0.634. The van der Waals surface area contributed by atoms with Crippen molar-refractivity contribution < 1.29 is 22.7 Å². The second kappa shape index (κ2) is 10.2. The van der Waals surface area contributed by atoms with Gasteiger partial charge in [0.05, 0.1) is 18.1 Å². The molecule has 1 heterocycles. The van der Waals surface area contributed by atoms with Crippen LogP contribution < -0.4 is 15.4 Å². The van der Waals surface area contributed by atoms with Crippen molar-refractivity contribution >= 4 is 38.9 Å². The minimum atomic E-state index is -3.56. The molecule has 2 aromatic rings. The summed E-state index contributed by atoms with van der Waals surface area (Å²) in [7, 11) is -3.56. The molecule has 1 aliphatic rings. The lowest BCUT2D eigenvalue weighted by molar-refractivity contribution is -0.121. The zero-order chi connectivity index (χ0) is 22.4. The zero-order valence-corrected chi connectivity index (χ0v) is 19.0. The van der Waals surface area contributed by atoms with Gasteiger partial charge in [0, 0.05) is 18.8 Å². The number of hydrogen-bond acceptors (Lipinski definition) is 6. The molecule has 1 fully saturated rings. The van der Waals surface area contributed by atoms with Crippen molar-refractivity contribution in [2.75, 3.05) is 38.2 Å². The zero-order valence-electron chi connectivity index (χ0n) is 17.4. The Morgan fingerprint density at radius 3 is 2.48 bits per heavy atom. The fourth-order valence-electron chi connectivity index (χ4n) is 2.98. The lowest BCUT2D eigenvalue weighted by Gasteiger charge is -2.26. The highest BCUT2D eigenvalue weighted by atomic mass is 32.2. The van der Waals surface area contributed by atoms with E-state index in [1.807, 2.05) is 32.0 Å². The molecule has 0 bridgehead atoms. The van der Waals surface area contributed by atoms with Gasteiger partial charge in [-0.1, -0.05) is 12.1 Å². The molecule has 0 spiro atoms. The van der Waals surface area contributed by atoms with Crippen LogP contribution >= 0.6 is 12.2 Å². The van der Waals surface area contributed by atoms with Gasteiger partial charge in [-0.05, 0) is 67.5 Å². The summed E-state index contributed by atoms with van der Waals surface area (Å²) in [6.45, 7) is 5.12. The van der Waals surface area contributed by atoms with Crippen LogP contribution in [0.3, 0.4) is 0 Å². The molecule has 10 heteroatoms. The molecule has 31 heavy (non-hydrogen) atoms. The number of amides is 1. The Hall–Kier alpha value is -2.53. The number of morpholine rings is 1. The number of anilines is 1. The maximum atomic E-state index is 12.7. The smallest absolute Gasteiger partial charge is 0.264 e. The number of ether oxygens (including phenoxy) is 2. The van der Waals surface area contributed by atoms with Crippen molar-refractivity contribution in [2.24, 2.45) is 0 Å². The molecule has 8 nitrogen and oxygen atoms in total. The van der Waals surface area contributed by atoms with Crippen molar-refractivity contribution in [3.8, 4) is 5.75 Å². The van der Waals surface area contributed by atoms with Crippen molar-refractivity contribution in [1.29, 1.82) is 0 Å². The Bertz CT molecular complexity index is 1050. The number of carbonyl (C=O) groups is 1. The summed E-state index contributed by atoms with van der Waals surface area (Å²) in [5.41, 5.74) is 2.53. The van der Waals surface area contributed by atoms with Gasteiger partial charge in [0.1, 0.15) is 5.75 Å². The van der Waals surface area contributed by atoms with Crippen LogP contribution in [0, 0.1) is 13.8 Å². The molecule has 3 rings (SSSR count). The van der Waals surface area contributed by atoms with Gasteiger partial charge in [-0.3, -0.25) is 10.1 Å². The Morgan fingerprint density at radius 2 is 1.81 bits per heavy atom. The molecule has 2 aromatic carbocycles. The van der Waals surface area contributed by atoms with E-state index in [1.54, 1.807) is 12.1 Å². The monoisotopic (exact) mass is 463 g/mol. The van der Waals surface area contributed by atoms with Gasteiger partial charge in [-0.25, -0.2) is 8.42 Å². The minimum Gasteiger partial charge on any atom is -0.483 e. The van der Waals surface area contributed by atoms with E-state index in [2.05, 4.69) is 10.6 Å². The van der Waals surface area contributed by atoms with Crippen molar-refractivity contribution in [3.63, 3.8) is 0 Å². The van der Waals surface area contributed by atoms with Gasteiger partial charge < -0.3 is 14.8 Å². The van der Waals surface area contributed by atoms with E-state index in [4.69, 9.17) is 21.7 Å². The first-order valence-corrected chi connectivity index (χ1v) is 11.6. The highest BCUT2D eigenvalue weighted by molar-refractivity contribution is 7.89. The third-order valence-corrected chi connectivity index (χ3v) is 6.79. The van der Waals surface area contributed by atoms with Gasteiger partial charge in [0.25, 0.3) is 5.91 Å². The molecule has 0 aromatic heterocycles. The molecule has 0 atom stereocenters. The summed E-state index contributed by atoms with van der Waals surface area (Å²) in [5, 5.41) is 5.51. The van der Waals surface area contributed by atoms with Crippen molar-refractivity contribution in [2.45, 2.75) is 18.7 Å². The highest BCUT2D eigenvalue weighted by Crippen LogP contribution is 2.20. The molecule has 1 amide bonds. The number of benzene rings is 2. The number of aryl methyl sites for hydroxylation is 2. The molecule has 0 radical (unpaired) electrons. The molecule has 0 unspecified atom stereocenters. The Balaban J connectivity index is 1.52. The fraction of sp³-hybridized carbons (Fsp3) is 0.333. The van der Waals surface area contributed by atoms with Crippen LogP contribution in [0.2, 0.25) is 0 Å². The number of sulfonamides is 1. The molecule has 1 saturated heterocycles. The first kappa shape index (κ1) is 23.1. The molecular weight excluding hydrogens is 438 g/mol. The molecule has 2 N–H and O–H groups in total. The number of nitrogens with one attached hydrogen (secondary N) is 2. The van der Waals surface area contributed by atoms with E-state index >= 15 is 0 Å². The largest absolute Gasteiger partial charge is 0.483 e. The van der Waals surface area contributed by atoms with Crippen LogP contribution in [0.15, 0.2) is 47.4 Å². The van der Waals surface area contributed by atoms with E-state index in [-0.39, 0.29) is 16.6 Å². The molecule has 0 saturated carbocycles. The highest BCUT2D eigenvalue weighted by Gasteiger charge is 2.26. The van der Waals surface area contributed by atoms with Crippen LogP contribution in [-0.2, 0) is 19.6 Å².